The molecule has 1 aromatic rings. The van der Waals surface area contributed by atoms with E-state index >= 15 is 0 Å². The molecule has 1 unspecified atom stereocenters. The van der Waals surface area contributed by atoms with Crippen molar-refractivity contribution >= 4 is 36.1 Å². The summed E-state index contributed by atoms with van der Waals surface area (Å²) < 4.78 is 6.17. The molecule has 0 spiro atoms. The van der Waals surface area contributed by atoms with Crippen LogP contribution in [0.4, 0.5) is 4.79 Å². The van der Waals surface area contributed by atoms with Gasteiger partial charge >= 0.3 is 6.09 Å². The van der Waals surface area contributed by atoms with Crippen LogP contribution in [-0.2, 0) is 10.3 Å². The molecular weight excluding hydrogens is 567 g/mol. The van der Waals surface area contributed by atoms with Gasteiger partial charge in [-0.1, -0.05) is 95.2 Å². The van der Waals surface area contributed by atoms with E-state index in [1.807, 2.05) is 39.0 Å². The maximum atomic E-state index is 13.2. The summed E-state index contributed by atoms with van der Waals surface area (Å²) >= 11 is 6.42. The molecule has 0 heterocycles. The minimum Gasteiger partial charge on any atom is -0.443 e. The average molecular weight is 630 g/mol. The van der Waals surface area contributed by atoms with Gasteiger partial charge in [-0.15, -0.1) is 0 Å². The number of rotatable bonds is 23. The summed E-state index contributed by atoms with van der Waals surface area (Å²) in [5.74, 6) is 4.88. The van der Waals surface area contributed by atoms with Crippen LogP contribution >= 0.6 is 24.4 Å². The number of amides is 1. The number of allylic oxidation sites excluding steroid dienone is 4. The molecule has 1 atom stereocenters. The molecule has 1 rings (SSSR count). The van der Waals surface area contributed by atoms with Gasteiger partial charge < -0.3 is 10.1 Å². The van der Waals surface area contributed by atoms with Crippen LogP contribution in [0.1, 0.15) is 130 Å². The van der Waals surface area contributed by atoms with Gasteiger partial charge in [0.25, 0.3) is 0 Å². The van der Waals surface area contributed by atoms with Crippen LogP contribution in [-0.4, -0.2) is 29.0 Å². The normalized spacial score (nSPS) is 13.2. The highest BCUT2D eigenvalue weighted by molar-refractivity contribution is 7.99. The first-order valence-electron chi connectivity index (χ1n) is 16.8. The molecule has 0 saturated carbocycles. The standard InChI is InChI=1S/C38H63NO2S2/c1-9-32(10-2)20-14-13-15-21-33(25-29-43-28-19-27-42)22-16-17-26-38(11-3,12-4)41-36(40)39-37(7,8)35-24-18-23-34(30-35)31(5)6/h13-14,16-18,23-24,30,32-33,42H,5,9-12,15,19-22,25-29H2,1-4,6-8H3,(H,39,40)/b14-13+,17-16+. The Labute approximate surface area is 275 Å². The smallest absolute Gasteiger partial charge is 0.408 e. The van der Waals surface area contributed by atoms with E-state index in [-0.39, 0.29) is 6.09 Å². The third kappa shape index (κ3) is 15.8. The second kappa shape index (κ2) is 22.0. The van der Waals surface area contributed by atoms with E-state index in [0.717, 1.165) is 60.5 Å². The molecule has 244 valence electrons. The van der Waals surface area contributed by atoms with Gasteiger partial charge in [0.05, 0.1) is 5.54 Å². The van der Waals surface area contributed by atoms with E-state index in [9.17, 15) is 4.79 Å². The number of thiol groups is 1. The highest BCUT2D eigenvalue weighted by Gasteiger charge is 2.32. The Balaban J connectivity index is 2.78. The molecule has 43 heavy (non-hydrogen) atoms. The van der Waals surface area contributed by atoms with E-state index in [4.69, 9.17) is 4.74 Å². The molecule has 1 N–H and O–H groups in total. The fraction of sp³-hybridized carbons (Fsp3) is 0.658. The van der Waals surface area contributed by atoms with Crippen molar-refractivity contribution < 1.29 is 9.53 Å². The summed E-state index contributed by atoms with van der Waals surface area (Å²) in [5, 5.41) is 3.13. The van der Waals surface area contributed by atoms with Crippen LogP contribution in [0.2, 0.25) is 0 Å². The van der Waals surface area contributed by atoms with Gasteiger partial charge in [-0.25, -0.2) is 4.79 Å². The molecule has 0 aliphatic carbocycles. The van der Waals surface area contributed by atoms with Crippen molar-refractivity contribution in [2.24, 2.45) is 11.8 Å². The van der Waals surface area contributed by atoms with Crippen molar-refractivity contribution in [2.75, 3.05) is 17.3 Å². The molecule has 0 aliphatic rings. The van der Waals surface area contributed by atoms with E-state index in [1.165, 1.54) is 50.0 Å². The Hall–Kier alpha value is -1.59. The first-order chi connectivity index (χ1) is 20.6. The third-order valence-corrected chi connectivity index (χ3v) is 10.3. The third-order valence-electron chi connectivity index (χ3n) is 8.87. The van der Waals surface area contributed by atoms with Crippen molar-refractivity contribution in [3.05, 3.63) is 66.3 Å². The van der Waals surface area contributed by atoms with Gasteiger partial charge in [-0.3, -0.25) is 0 Å². The molecule has 0 aliphatic heterocycles. The lowest BCUT2D eigenvalue weighted by atomic mass is 9.91. The fourth-order valence-corrected chi connectivity index (χ4v) is 6.72. The molecule has 0 saturated heterocycles. The quantitative estimate of drug-likeness (QED) is 0.0718. The Bertz CT molecular complexity index is 976. The molecule has 0 radical (unpaired) electrons. The van der Waals surface area contributed by atoms with Crippen molar-refractivity contribution in [3.63, 3.8) is 0 Å². The van der Waals surface area contributed by atoms with Crippen LogP contribution in [0.5, 0.6) is 0 Å². The summed E-state index contributed by atoms with van der Waals surface area (Å²) in [6, 6.07) is 8.20. The first kappa shape index (κ1) is 39.4. The van der Waals surface area contributed by atoms with Gasteiger partial charge in [0.2, 0.25) is 0 Å². The number of carbonyl (C=O) groups is 1. The van der Waals surface area contributed by atoms with Crippen LogP contribution in [0, 0.1) is 11.8 Å². The number of carbonyl (C=O) groups excluding carboxylic acids is 1. The number of nitrogens with one attached hydrogen (secondary N) is 1. The Morgan fingerprint density at radius 3 is 2.30 bits per heavy atom. The number of hydrogen-bond acceptors (Lipinski definition) is 4. The predicted octanol–water partition coefficient (Wildman–Crippen LogP) is 11.8. The van der Waals surface area contributed by atoms with Gasteiger partial charge in [-0.05, 0) is 118 Å². The maximum Gasteiger partial charge on any atom is 0.408 e. The second-order valence-corrected chi connectivity index (χ2v) is 14.3. The minimum absolute atomic E-state index is 0.362. The fourth-order valence-electron chi connectivity index (χ4n) is 5.29. The van der Waals surface area contributed by atoms with Gasteiger partial charge in [0, 0.05) is 6.42 Å². The van der Waals surface area contributed by atoms with Crippen molar-refractivity contribution in [1.29, 1.82) is 0 Å². The van der Waals surface area contributed by atoms with Gasteiger partial charge in [0.1, 0.15) is 5.60 Å². The summed E-state index contributed by atoms with van der Waals surface area (Å²) in [6.07, 6.45) is 21.0. The molecule has 3 nitrogen and oxygen atoms in total. The second-order valence-electron chi connectivity index (χ2n) is 12.6. The van der Waals surface area contributed by atoms with Crippen molar-refractivity contribution in [1.82, 2.24) is 5.32 Å². The molecule has 0 aromatic heterocycles. The lowest BCUT2D eigenvalue weighted by Crippen LogP contribution is -2.45. The SMILES string of the molecule is C=C(C)c1cccc(C(C)(C)NC(=O)OC(CC)(CC)C/C=C/CC(CC/C=C/CC(CC)CC)CCSCCCS)c1. The summed E-state index contributed by atoms with van der Waals surface area (Å²) in [5.41, 5.74) is 2.04. The lowest BCUT2D eigenvalue weighted by molar-refractivity contribution is 0.00283. The first-order valence-corrected chi connectivity index (χ1v) is 18.6. The lowest BCUT2D eigenvalue weighted by Gasteiger charge is -2.34. The van der Waals surface area contributed by atoms with Crippen LogP contribution in [0.25, 0.3) is 5.57 Å². The van der Waals surface area contributed by atoms with Crippen molar-refractivity contribution in [2.45, 2.75) is 130 Å². The van der Waals surface area contributed by atoms with E-state index < -0.39 is 11.1 Å². The van der Waals surface area contributed by atoms with E-state index in [2.05, 4.69) is 94.4 Å². The predicted molar refractivity (Wildman–Crippen MR) is 196 cm³/mol. The summed E-state index contributed by atoms with van der Waals surface area (Å²) in [7, 11) is 0. The maximum absolute atomic E-state index is 13.2. The molecule has 0 fully saturated rings. The number of benzene rings is 1. The van der Waals surface area contributed by atoms with Crippen molar-refractivity contribution in [3.8, 4) is 0 Å². The zero-order chi connectivity index (χ0) is 32.1. The molecule has 1 amide bonds. The highest BCUT2D eigenvalue weighted by Crippen LogP contribution is 2.29. The molecule has 0 bridgehead atoms. The number of hydrogen-bond donors (Lipinski definition) is 2. The molecular formula is C38H63NO2S2. The number of alkyl carbamates (subject to hydrolysis) is 1. The number of ether oxygens (including phenoxy) is 1. The van der Waals surface area contributed by atoms with Crippen LogP contribution in [0.3, 0.4) is 0 Å². The summed E-state index contributed by atoms with van der Waals surface area (Å²) in [4.78, 5) is 13.2. The topological polar surface area (TPSA) is 38.3 Å². The van der Waals surface area contributed by atoms with E-state index in [1.54, 1.807) is 0 Å². The molecule has 1 aromatic carbocycles. The van der Waals surface area contributed by atoms with E-state index in [0.29, 0.717) is 5.92 Å². The zero-order valence-electron chi connectivity index (χ0n) is 28.6. The highest BCUT2D eigenvalue weighted by atomic mass is 32.2. The van der Waals surface area contributed by atoms with Gasteiger partial charge in [-0.2, -0.15) is 24.4 Å². The Kier molecular flexibility index (Phi) is 20.2. The Morgan fingerprint density at radius 2 is 1.67 bits per heavy atom. The van der Waals surface area contributed by atoms with Crippen LogP contribution in [0.15, 0.2) is 55.1 Å². The minimum atomic E-state index is -0.563. The Morgan fingerprint density at radius 1 is 1.00 bits per heavy atom. The average Bonchev–Trinajstić information content (AvgIpc) is 2.99. The molecule has 5 heteroatoms. The zero-order valence-corrected chi connectivity index (χ0v) is 30.3. The summed E-state index contributed by atoms with van der Waals surface area (Å²) in [6.45, 7) is 18.9. The van der Waals surface area contributed by atoms with Gasteiger partial charge in [0.15, 0.2) is 0 Å². The van der Waals surface area contributed by atoms with Crippen LogP contribution < -0.4 is 5.32 Å². The monoisotopic (exact) mass is 629 g/mol. The number of thioether (sulfide) groups is 1. The largest absolute Gasteiger partial charge is 0.443 e.